The number of carbonyl (C=O) groups is 1. The normalized spacial score (nSPS) is 28.6. The zero-order valence-corrected chi connectivity index (χ0v) is 14.2. The van der Waals surface area contributed by atoms with Gasteiger partial charge in [0.25, 0.3) is 0 Å². The van der Waals surface area contributed by atoms with Gasteiger partial charge in [0.05, 0.1) is 5.60 Å². The van der Waals surface area contributed by atoms with Crippen LogP contribution in [0.4, 0.5) is 0 Å². The molecule has 1 N–H and O–H groups in total. The van der Waals surface area contributed by atoms with Crippen LogP contribution in [0.25, 0.3) is 0 Å². The lowest BCUT2D eigenvalue weighted by molar-refractivity contribution is -0.153. The highest BCUT2D eigenvalue weighted by Gasteiger charge is 2.44. The van der Waals surface area contributed by atoms with Crippen molar-refractivity contribution >= 4 is 17.6 Å². The highest BCUT2D eigenvalue weighted by molar-refractivity contribution is 6.30. The molecule has 1 aromatic carbocycles. The van der Waals surface area contributed by atoms with Crippen molar-refractivity contribution in [1.82, 2.24) is 4.90 Å². The molecular formula is C17H24ClNO3. The van der Waals surface area contributed by atoms with E-state index in [0.29, 0.717) is 12.8 Å². The largest absolute Gasteiger partial charge is 0.463 e. The molecule has 1 fully saturated rings. The molecule has 2 rings (SSSR count). The SMILES string of the molecule is CC(=O)OCC1(O)CCC(c2ccc(Cl)cc2)(N(C)C)CC1. The quantitative estimate of drug-likeness (QED) is 0.865. The lowest BCUT2D eigenvalue weighted by Gasteiger charge is -2.48. The second-order valence-corrected chi connectivity index (χ2v) is 6.87. The van der Waals surface area contributed by atoms with Gasteiger partial charge >= 0.3 is 5.97 Å². The van der Waals surface area contributed by atoms with Crippen molar-refractivity contribution in [2.45, 2.75) is 43.7 Å². The lowest BCUT2D eigenvalue weighted by atomic mass is 9.70. The van der Waals surface area contributed by atoms with Crippen LogP contribution in [0.1, 0.15) is 38.2 Å². The van der Waals surface area contributed by atoms with Crippen LogP contribution in [0, 0.1) is 0 Å². The van der Waals surface area contributed by atoms with Gasteiger partial charge in [0.15, 0.2) is 0 Å². The standard InChI is InChI=1S/C17H24ClNO3/c1-13(20)22-12-16(21)8-10-17(11-9-16,19(2)3)14-4-6-15(18)7-5-14/h4-7,21H,8-12H2,1-3H3. The Morgan fingerprint density at radius 3 is 2.23 bits per heavy atom. The highest BCUT2D eigenvalue weighted by atomic mass is 35.5. The van der Waals surface area contributed by atoms with Gasteiger partial charge in [0.1, 0.15) is 6.61 Å². The number of benzene rings is 1. The molecule has 0 spiro atoms. The van der Waals surface area contributed by atoms with Crippen molar-refractivity contribution < 1.29 is 14.6 Å². The fourth-order valence-corrected chi connectivity index (χ4v) is 3.39. The topological polar surface area (TPSA) is 49.8 Å². The summed E-state index contributed by atoms with van der Waals surface area (Å²) >= 11 is 5.99. The van der Waals surface area contributed by atoms with Crippen molar-refractivity contribution in [3.63, 3.8) is 0 Å². The minimum Gasteiger partial charge on any atom is -0.463 e. The molecule has 1 aromatic rings. The van der Waals surface area contributed by atoms with E-state index < -0.39 is 5.60 Å². The Balaban J connectivity index is 2.16. The van der Waals surface area contributed by atoms with Gasteiger partial charge in [-0.3, -0.25) is 9.69 Å². The third kappa shape index (κ3) is 3.62. The Labute approximate surface area is 137 Å². The van der Waals surface area contributed by atoms with Gasteiger partial charge in [-0.15, -0.1) is 0 Å². The van der Waals surface area contributed by atoms with Gasteiger partial charge in [0.2, 0.25) is 0 Å². The third-order valence-electron chi connectivity index (χ3n) is 4.79. The van der Waals surface area contributed by atoms with Crippen molar-refractivity contribution in [1.29, 1.82) is 0 Å². The van der Waals surface area contributed by atoms with E-state index in [1.807, 2.05) is 12.1 Å². The smallest absolute Gasteiger partial charge is 0.302 e. The molecule has 0 heterocycles. The van der Waals surface area contributed by atoms with E-state index in [1.54, 1.807) is 0 Å². The number of rotatable bonds is 4. The predicted octanol–water partition coefficient (Wildman–Crippen LogP) is 2.97. The molecule has 0 aromatic heterocycles. The minimum absolute atomic E-state index is 0.0759. The van der Waals surface area contributed by atoms with Crippen LogP contribution >= 0.6 is 11.6 Å². The number of esters is 1. The summed E-state index contributed by atoms with van der Waals surface area (Å²) in [6.07, 6.45) is 2.81. The first-order valence-electron chi connectivity index (χ1n) is 7.57. The molecule has 0 saturated heterocycles. The third-order valence-corrected chi connectivity index (χ3v) is 5.04. The van der Waals surface area contributed by atoms with Crippen molar-refractivity contribution in [2.24, 2.45) is 0 Å². The van der Waals surface area contributed by atoms with Crippen LogP contribution in [-0.2, 0) is 15.1 Å². The molecule has 1 aliphatic rings. The highest BCUT2D eigenvalue weighted by Crippen LogP contribution is 2.44. The van der Waals surface area contributed by atoms with E-state index >= 15 is 0 Å². The monoisotopic (exact) mass is 325 g/mol. The number of hydrogen-bond donors (Lipinski definition) is 1. The molecule has 0 amide bonds. The number of ether oxygens (including phenoxy) is 1. The Morgan fingerprint density at radius 2 is 1.77 bits per heavy atom. The first kappa shape index (κ1) is 17.3. The van der Waals surface area contributed by atoms with E-state index in [-0.39, 0.29) is 18.1 Å². The van der Waals surface area contributed by atoms with Crippen LogP contribution in [-0.4, -0.2) is 42.3 Å². The Kier molecular flexibility index (Phi) is 5.15. The Hall–Kier alpha value is -1.10. The number of carbonyl (C=O) groups excluding carboxylic acids is 1. The average molecular weight is 326 g/mol. The van der Waals surface area contributed by atoms with Gasteiger partial charge in [-0.1, -0.05) is 23.7 Å². The summed E-state index contributed by atoms with van der Waals surface area (Å²) in [4.78, 5) is 13.2. The molecule has 5 heteroatoms. The van der Waals surface area contributed by atoms with Crippen LogP contribution in [0.2, 0.25) is 5.02 Å². The maximum Gasteiger partial charge on any atom is 0.302 e. The summed E-state index contributed by atoms with van der Waals surface area (Å²) in [6, 6.07) is 7.92. The number of aliphatic hydroxyl groups is 1. The Bertz CT molecular complexity index is 519. The number of nitrogens with zero attached hydrogens (tertiary/aromatic N) is 1. The van der Waals surface area contributed by atoms with E-state index in [9.17, 15) is 9.90 Å². The van der Waals surface area contributed by atoms with Crippen LogP contribution in [0.15, 0.2) is 24.3 Å². The molecule has 0 aliphatic heterocycles. The summed E-state index contributed by atoms with van der Waals surface area (Å²) in [5.74, 6) is -0.351. The van der Waals surface area contributed by atoms with Crippen LogP contribution < -0.4 is 0 Å². The lowest BCUT2D eigenvalue weighted by Crippen LogP contribution is -2.50. The first-order chi connectivity index (χ1) is 10.3. The van der Waals surface area contributed by atoms with E-state index in [0.717, 1.165) is 17.9 Å². The molecule has 0 atom stereocenters. The van der Waals surface area contributed by atoms with Gasteiger partial charge in [0, 0.05) is 17.5 Å². The summed E-state index contributed by atoms with van der Waals surface area (Å²) in [5.41, 5.74) is 0.168. The summed E-state index contributed by atoms with van der Waals surface area (Å²) in [5, 5.41) is 11.3. The Morgan fingerprint density at radius 1 is 1.23 bits per heavy atom. The molecule has 4 nitrogen and oxygen atoms in total. The summed E-state index contributed by atoms with van der Waals surface area (Å²) < 4.78 is 5.01. The number of hydrogen-bond acceptors (Lipinski definition) is 4. The minimum atomic E-state index is -0.919. The maximum absolute atomic E-state index is 11.0. The maximum atomic E-state index is 11.0. The predicted molar refractivity (Wildman–Crippen MR) is 86.9 cm³/mol. The second-order valence-electron chi connectivity index (χ2n) is 6.44. The molecule has 1 aliphatic carbocycles. The molecule has 0 radical (unpaired) electrons. The van der Waals surface area contributed by atoms with E-state index in [2.05, 4.69) is 31.1 Å². The second kappa shape index (κ2) is 6.57. The number of halogens is 1. The van der Waals surface area contributed by atoms with Gasteiger partial charge in [-0.05, 0) is 57.5 Å². The molecular weight excluding hydrogens is 302 g/mol. The van der Waals surface area contributed by atoms with Gasteiger partial charge in [-0.2, -0.15) is 0 Å². The van der Waals surface area contributed by atoms with Crippen molar-refractivity contribution in [3.8, 4) is 0 Å². The van der Waals surface area contributed by atoms with Crippen LogP contribution in [0.5, 0.6) is 0 Å². The molecule has 0 bridgehead atoms. The fraction of sp³-hybridized carbons (Fsp3) is 0.588. The zero-order valence-electron chi connectivity index (χ0n) is 13.4. The first-order valence-corrected chi connectivity index (χ1v) is 7.94. The fourth-order valence-electron chi connectivity index (χ4n) is 3.26. The van der Waals surface area contributed by atoms with Crippen molar-refractivity contribution in [3.05, 3.63) is 34.9 Å². The molecule has 1 saturated carbocycles. The van der Waals surface area contributed by atoms with Gasteiger partial charge in [-0.25, -0.2) is 0 Å². The molecule has 22 heavy (non-hydrogen) atoms. The molecule has 122 valence electrons. The van der Waals surface area contributed by atoms with E-state index in [4.69, 9.17) is 16.3 Å². The van der Waals surface area contributed by atoms with E-state index in [1.165, 1.54) is 12.5 Å². The molecule has 0 unspecified atom stereocenters. The van der Waals surface area contributed by atoms with Crippen molar-refractivity contribution in [2.75, 3.05) is 20.7 Å². The van der Waals surface area contributed by atoms with Gasteiger partial charge < -0.3 is 9.84 Å². The summed E-state index contributed by atoms with van der Waals surface area (Å²) in [7, 11) is 4.12. The van der Waals surface area contributed by atoms with Crippen LogP contribution in [0.3, 0.4) is 0 Å². The summed E-state index contributed by atoms with van der Waals surface area (Å²) in [6.45, 7) is 1.44. The average Bonchev–Trinajstić information content (AvgIpc) is 2.47. The zero-order chi connectivity index (χ0) is 16.4.